The number of nitrogens with zero attached hydrogens (tertiary/aromatic N) is 2. The molecule has 10 nitrogen and oxygen atoms in total. The molecule has 0 atom stereocenters. The average Bonchev–Trinajstić information content (AvgIpc) is 2.74. The van der Waals surface area contributed by atoms with Crippen LogP contribution in [0.2, 0.25) is 0 Å². The molecule has 1 aromatic carbocycles. The number of rotatable bonds is 12. The van der Waals surface area contributed by atoms with Gasteiger partial charge in [-0.3, -0.25) is 14.4 Å². The highest BCUT2D eigenvalue weighted by molar-refractivity contribution is 9.10. The molecule has 11 heteroatoms. The van der Waals surface area contributed by atoms with E-state index < -0.39 is 23.2 Å². The highest BCUT2D eigenvalue weighted by atomic mass is 79.9. The van der Waals surface area contributed by atoms with Crippen molar-refractivity contribution in [1.82, 2.24) is 15.3 Å². The van der Waals surface area contributed by atoms with Crippen LogP contribution in [0.15, 0.2) is 34.9 Å². The topological polar surface area (TPSA) is 159 Å². The summed E-state index contributed by atoms with van der Waals surface area (Å²) in [6.07, 6.45) is 2.79. The number of nitrogens with one attached hydrogen (secondary N) is 3. The largest absolute Gasteiger partial charge is 0.481 e. The van der Waals surface area contributed by atoms with Crippen LogP contribution in [0, 0.1) is 5.41 Å². The lowest BCUT2D eigenvalue weighted by atomic mass is 9.91. The molecular formula is C21H27BrN6O4. The molecule has 0 saturated carbocycles. The van der Waals surface area contributed by atoms with E-state index in [0.717, 1.165) is 11.3 Å². The number of carboxylic acids is 1. The Kier molecular flexibility index (Phi) is 8.94. The number of nitrogens with two attached hydrogens (primary N) is 1. The van der Waals surface area contributed by atoms with E-state index in [1.807, 2.05) is 24.3 Å². The smallest absolute Gasteiger partial charge is 0.303 e. The van der Waals surface area contributed by atoms with Crippen LogP contribution in [0.4, 0.5) is 17.5 Å². The lowest BCUT2D eigenvalue weighted by Gasteiger charge is -2.19. The monoisotopic (exact) mass is 506 g/mol. The first kappa shape index (κ1) is 25.1. The van der Waals surface area contributed by atoms with Crippen molar-refractivity contribution in [3.05, 3.63) is 40.5 Å². The Labute approximate surface area is 194 Å². The van der Waals surface area contributed by atoms with Gasteiger partial charge in [-0.05, 0) is 60.3 Å². The number of primary amides is 1. The number of anilines is 3. The third-order valence-corrected chi connectivity index (χ3v) is 5.28. The Hall–Kier alpha value is -3.21. The lowest BCUT2D eigenvalue weighted by Crippen LogP contribution is -2.46. The molecule has 6 N–H and O–H groups in total. The maximum Gasteiger partial charge on any atom is 0.303 e. The molecular weight excluding hydrogens is 480 g/mol. The zero-order chi connectivity index (χ0) is 23.7. The van der Waals surface area contributed by atoms with Crippen LogP contribution >= 0.6 is 15.9 Å². The first-order valence-corrected chi connectivity index (χ1v) is 10.8. The summed E-state index contributed by atoms with van der Waals surface area (Å²) in [6.45, 7) is 3.88. The summed E-state index contributed by atoms with van der Waals surface area (Å²) in [6, 6.07) is 7.39. The molecule has 2 rings (SSSR count). The van der Waals surface area contributed by atoms with E-state index in [4.69, 9.17) is 10.8 Å². The van der Waals surface area contributed by atoms with Crippen LogP contribution < -0.4 is 21.7 Å². The number of aromatic nitrogens is 2. The Morgan fingerprint density at radius 3 is 2.47 bits per heavy atom. The second-order valence-corrected chi connectivity index (χ2v) is 8.49. The zero-order valence-electron chi connectivity index (χ0n) is 17.9. The van der Waals surface area contributed by atoms with Gasteiger partial charge >= 0.3 is 5.97 Å². The molecule has 0 bridgehead atoms. The number of halogens is 1. The van der Waals surface area contributed by atoms with E-state index in [0.29, 0.717) is 42.2 Å². The van der Waals surface area contributed by atoms with E-state index >= 15 is 0 Å². The summed E-state index contributed by atoms with van der Waals surface area (Å²) in [4.78, 5) is 42.7. The number of benzene rings is 1. The van der Waals surface area contributed by atoms with Gasteiger partial charge < -0.3 is 26.8 Å². The maximum absolute atomic E-state index is 12.0. The van der Waals surface area contributed by atoms with Crippen LogP contribution in [0.25, 0.3) is 0 Å². The van der Waals surface area contributed by atoms with Gasteiger partial charge in [0.1, 0.15) is 11.2 Å². The maximum atomic E-state index is 12.0. The van der Waals surface area contributed by atoms with Crippen molar-refractivity contribution in [3.8, 4) is 0 Å². The van der Waals surface area contributed by atoms with Gasteiger partial charge in [0, 0.05) is 31.4 Å². The summed E-state index contributed by atoms with van der Waals surface area (Å²) in [5.41, 5.74) is 5.69. The predicted molar refractivity (Wildman–Crippen MR) is 125 cm³/mol. The van der Waals surface area contributed by atoms with E-state index in [1.165, 1.54) is 13.8 Å². The number of carbonyl (C=O) groups excluding carboxylic acids is 2. The summed E-state index contributed by atoms with van der Waals surface area (Å²) in [5.74, 6) is -0.927. The van der Waals surface area contributed by atoms with Gasteiger partial charge in [0.15, 0.2) is 0 Å². The van der Waals surface area contributed by atoms with Gasteiger partial charge in [-0.1, -0.05) is 12.1 Å². The first-order chi connectivity index (χ1) is 15.1. The summed E-state index contributed by atoms with van der Waals surface area (Å²) in [7, 11) is 0. The molecule has 0 saturated heterocycles. The Bertz CT molecular complexity index is 965. The highest BCUT2D eigenvalue weighted by Gasteiger charge is 2.33. The predicted octanol–water partition coefficient (Wildman–Crippen LogP) is 2.43. The Morgan fingerprint density at radius 2 is 1.84 bits per heavy atom. The fourth-order valence-corrected chi connectivity index (χ4v) is 2.85. The molecule has 172 valence electrons. The zero-order valence-corrected chi connectivity index (χ0v) is 19.5. The minimum absolute atomic E-state index is 0.0875. The molecule has 0 aliphatic heterocycles. The minimum atomic E-state index is -1.25. The Balaban J connectivity index is 1.85. The second kappa shape index (κ2) is 11.4. The molecule has 0 unspecified atom stereocenters. The average molecular weight is 507 g/mol. The van der Waals surface area contributed by atoms with E-state index in [2.05, 4.69) is 41.8 Å². The van der Waals surface area contributed by atoms with Crippen molar-refractivity contribution < 1.29 is 19.5 Å². The number of aryl methyl sites for hydroxylation is 1. The third-order valence-electron chi connectivity index (χ3n) is 4.70. The first-order valence-electron chi connectivity index (χ1n) is 10.0. The van der Waals surface area contributed by atoms with Crippen LogP contribution in [-0.4, -0.2) is 45.9 Å². The van der Waals surface area contributed by atoms with Crippen LogP contribution in [-0.2, 0) is 20.8 Å². The van der Waals surface area contributed by atoms with Crippen molar-refractivity contribution in [2.45, 2.75) is 33.1 Å². The molecule has 1 heterocycles. The van der Waals surface area contributed by atoms with Crippen molar-refractivity contribution in [2.24, 2.45) is 11.1 Å². The van der Waals surface area contributed by atoms with Gasteiger partial charge in [-0.25, -0.2) is 4.98 Å². The normalized spacial score (nSPS) is 11.0. The molecule has 32 heavy (non-hydrogen) atoms. The second-order valence-electron chi connectivity index (χ2n) is 7.63. The quantitative estimate of drug-likeness (QED) is 0.216. The van der Waals surface area contributed by atoms with Crippen molar-refractivity contribution in [2.75, 3.05) is 23.7 Å². The third kappa shape index (κ3) is 7.49. The lowest BCUT2D eigenvalue weighted by molar-refractivity contribution is -0.139. The van der Waals surface area contributed by atoms with Gasteiger partial charge in [-0.15, -0.1) is 0 Å². The minimum Gasteiger partial charge on any atom is -0.481 e. The van der Waals surface area contributed by atoms with Gasteiger partial charge in [0.2, 0.25) is 17.8 Å². The molecule has 0 radical (unpaired) electrons. The molecule has 1 aromatic heterocycles. The molecule has 0 aliphatic rings. The number of aliphatic carboxylic acids is 1. The summed E-state index contributed by atoms with van der Waals surface area (Å²) >= 11 is 3.40. The standard InChI is InChI=1S/C21H27BrN6O4/c1-21(2,18(23)31)19(32)25-11-3-10-24-17-15(22)12-26-20(28-17)27-14-7-4-13(5-8-14)6-9-16(29)30/h4-5,7-8,12H,3,6,9-11H2,1-2H3,(H2,23,31)(H,25,32)(H,29,30)(H2,24,26,27,28). The number of hydrogen-bond acceptors (Lipinski definition) is 7. The van der Waals surface area contributed by atoms with Crippen molar-refractivity contribution >= 4 is 51.2 Å². The molecule has 2 aromatic rings. The van der Waals surface area contributed by atoms with Gasteiger partial charge in [-0.2, -0.15) is 4.98 Å². The summed E-state index contributed by atoms with van der Waals surface area (Å²) in [5, 5.41) is 17.7. The fourth-order valence-electron chi connectivity index (χ4n) is 2.52. The molecule has 2 amide bonds. The highest BCUT2D eigenvalue weighted by Crippen LogP contribution is 2.22. The number of carbonyl (C=O) groups is 3. The van der Waals surface area contributed by atoms with Crippen molar-refractivity contribution in [3.63, 3.8) is 0 Å². The van der Waals surface area contributed by atoms with Crippen LogP contribution in [0.1, 0.15) is 32.3 Å². The Morgan fingerprint density at radius 1 is 1.16 bits per heavy atom. The van der Waals surface area contributed by atoms with Gasteiger partial charge in [0.25, 0.3) is 0 Å². The molecule has 0 spiro atoms. The molecule has 0 aliphatic carbocycles. The van der Waals surface area contributed by atoms with E-state index in [1.54, 1.807) is 6.20 Å². The van der Waals surface area contributed by atoms with E-state index in [9.17, 15) is 14.4 Å². The summed E-state index contributed by atoms with van der Waals surface area (Å²) < 4.78 is 0.686. The number of hydrogen-bond donors (Lipinski definition) is 5. The van der Waals surface area contributed by atoms with Gasteiger partial charge in [0.05, 0.1) is 4.47 Å². The van der Waals surface area contributed by atoms with E-state index in [-0.39, 0.29) is 6.42 Å². The SMILES string of the molecule is CC(C)(C(N)=O)C(=O)NCCCNc1nc(Nc2ccc(CCC(=O)O)cc2)ncc1Br. The van der Waals surface area contributed by atoms with Crippen molar-refractivity contribution in [1.29, 1.82) is 0 Å². The fraction of sp³-hybridized carbons (Fsp3) is 0.381. The number of carboxylic acid groups (broad SMARTS) is 1. The van der Waals surface area contributed by atoms with Crippen LogP contribution in [0.5, 0.6) is 0 Å². The van der Waals surface area contributed by atoms with Crippen LogP contribution in [0.3, 0.4) is 0 Å². The molecule has 0 fully saturated rings. The number of amides is 2.